The van der Waals surface area contributed by atoms with Gasteiger partial charge in [0.05, 0.1) is 22.3 Å². The van der Waals surface area contributed by atoms with Crippen LogP contribution in [0.1, 0.15) is 30.7 Å². The highest BCUT2D eigenvalue weighted by atomic mass is 16.6. The number of benzene rings is 2. The number of hydrogen-bond acceptors (Lipinski definition) is 1. The van der Waals surface area contributed by atoms with Crippen molar-refractivity contribution in [3.8, 4) is 0 Å². The molecule has 0 radical (unpaired) electrons. The summed E-state index contributed by atoms with van der Waals surface area (Å²) >= 11 is 0. The second-order valence-electron chi connectivity index (χ2n) is 7.05. The van der Waals surface area contributed by atoms with Crippen molar-refractivity contribution >= 4 is 34.0 Å². The van der Waals surface area contributed by atoms with Crippen molar-refractivity contribution in [3.05, 3.63) is 77.0 Å². The van der Waals surface area contributed by atoms with Gasteiger partial charge in [-0.15, -0.1) is 0 Å². The quantitative estimate of drug-likeness (QED) is 0.586. The number of rotatable bonds is 3. The van der Waals surface area contributed by atoms with Gasteiger partial charge in [-0.1, -0.05) is 42.5 Å². The molecule has 3 heteroatoms. The number of fused-ring (bicyclic) bond motifs is 2. The topological polar surface area (TPSA) is 17.2 Å². The Morgan fingerprint density at radius 1 is 1.04 bits per heavy atom. The normalized spacial score (nSPS) is 15.7. The van der Waals surface area contributed by atoms with E-state index in [-0.39, 0.29) is 0 Å². The van der Waals surface area contributed by atoms with E-state index >= 15 is 0 Å². The van der Waals surface area contributed by atoms with Crippen molar-refractivity contribution in [2.45, 2.75) is 20.8 Å². The Hall–Kier alpha value is -3.07. The summed E-state index contributed by atoms with van der Waals surface area (Å²) in [6, 6.07) is 16.9. The van der Waals surface area contributed by atoms with E-state index in [4.69, 9.17) is 4.84 Å². The lowest BCUT2D eigenvalue weighted by Gasteiger charge is -2.04. The third-order valence-corrected chi connectivity index (χ3v) is 5.58. The minimum atomic E-state index is 1.09. The van der Waals surface area contributed by atoms with Crippen molar-refractivity contribution in [1.29, 1.82) is 0 Å². The minimum Gasteiger partial charge on any atom is -0.417 e. The molecule has 27 heavy (non-hydrogen) atoms. The lowest BCUT2D eigenvalue weighted by molar-refractivity contribution is -0.401. The molecule has 4 rings (SSSR count). The molecule has 0 fully saturated rings. The van der Waals surface area contributed by atoms with E-state index in [1.54, 1.807) is 7.11 Å². The molecule has 0 saturated heterocycles. The molecule has 2 aromatic carbocycles. The van der Waals surface area contributed by atoms with E-state index in [9.17, 15) is 0 Å². The average Bonchev–Trinajstić information content (AvgIpc) is 3.10. The van der Waals surface area contributed by atoms with Gasteiger partial charge in [-0.05, 0) is 31.6 Å². The maximum absolute atomic E-state index is 5.58. The summed E-state index contributed by atoms with van der Waals surface area (Å²) in [6.07, 6.45) is 4.44. The van der Waals surface area contributed by atoms with Crippen LogP contribution in [0.15, 0.2) is 60.2 Å². The van der Waals surface area contributed by atoms with Gasteiger partial charge in [-0.3, -0.25) is 0 Å². The summed E-state index contributed by atoms with van der Waals surface area (Å²) in [5.74, 6) is 0. The van der Waals surface area contributed by atoms with Crippen molar-refractivity contribution in [2.75, 3.05) is 14.2 Å². The van der Waals surface area contributed by atoms with E-state index < -0.39 is 0 Å². The Labute approximate surface area is 160 Å². The van der Waals surface area contributed by atoms with E-state index in [1.807, 2.05) is 10.8 Å². The Morgan fingerprint density at radius 2 is 1.74 bits per heavy atom. The SMILES string of the molecule is COn1c(C)c(/C=C/C(C)=C2/C(C)=[N+](C)c3ccccc32)c2ccccc21. The van der Waals surface area contributed by atoms with Crippen molar-refractivity contribution < 1.29 is 9.41 Å². The van der Waals surface area contributed by atoms with Gasteiger partial charge in [0, 0.05) is 23.9 Å². The summed E-state index contributed by atoms with van der Waals surface area (Å²) in [5, 5.41) is 1.20. The van der Waals surface area contributed by atoms with E-state index in [0.717, 1.165) is 11.2 Å². The van der Waals surface area contributed by atoms with Crippen LogP contribution in [0, 0.1) is 6.92 Å². The molecule has 0 N–H and O–H groups in total. The molecule has 0 amide bonds. The molecule has 2 heterocycles. The number of para-hydroxylation sites is 2. The van der Waals surface area contributed by atoms with E-state index in [0.29, 0.717) is 0 Å². The molecule has 0 spiro atoms. The second-order valence-corrected chi connectivity index (χ2v) is 7.05. The van der Waals surface area contributed by atoms with Crippen LogP contribution in [-0.2, 0) is 0 Å². The predicted octanol–water partition coefficient (Wildman–Crippen LogP) is 5.24. The van der Waals surface area contributed by atoms with Gasteiger partial charge >= 0.3 is 0 Å². The van der Waals surface area contributed by atoms with Gasteiger partial charge in [-0.25, -0.2) is 0 Å². The van der Waals surface area contributed by atoms with Gasteiger partial charge in [0.25, 0.3) is 0 Å². The first-order valence-corrected chi connectivity index (χ1v) is 9.25. The molecule has 3 aromatic rings. The van der Waals surface area contributed by atoms with Crippen LogP contribution >= 0.6 is 0 Å². The molecular formula is C24H25N2O+. The zero-order valence-corrected chi connectivity index (χ0v) is 16.6. The largest absolute Gasteiger partial charge is 0.417 e. The first-order valence-electron chi connectivity index (χ1n) is 9.25. The van der Waals surface area contributed by atoms with Crippen molar-refractivity contribution in [2.24, 2.45) is 0 Å². The number of hydrogen-bond donors (Lipinski definition) is 0. The van der Waals surface area contributed by atoms with Gasteiger partial charge in [0.1, 0.15) is 14.2 Å². The van der Waals surface area contributed by atoms with Crippen LogP contribution in [-0.4, -0.2) is 29.2 Å². The maximum atomic E-state index is 5.58. The van der Waals surface area contributed by atoms with Gasteiger partial charge in [-0.2, -0.15) is 9.31 Å². The number of allylic oxidation sites excluding steroid dienone is 3. The van der Waals surface area contributed by atoms with Crippen LogP contribution in [0.5, 0.6) is 0 Å². The Morgan fingerprint density at radius 3 is 2.52 bits per heavy atom. The second kappa shape index (κ2) is 6.58. The summed E-state index contributed by atoms with van der Waals surface area (Å²) in [4.78, 5) is 5.58. The Balaban J connectivity index is 1.84. The van der Waals surface area contributed by atoms with Gasteiger partial charge < -0.3 is 4.84 Å². The van der Waals surface area contributed by atoms with Crippen LogP contribution < -0.4 is 4.84 Å². The summed E-state index contributed by atoms with van der Waals surface area (Å²) < 4.78 is 4.16. The van der Waals surface area contributed by atoms with Crippen LogP contribution in [0.25, 0.3) is 22.6 Å². The fourth-order valence-electron chi connectivity index (χ4n) is 4.12. The van der Waals surface area contributed by atoms with Crippen LogP contribution in [0.3, 0.4) is 0 Å². The van der Waals surface area contributed by atoms with Crippen molar-refractivity contribution in [3.63, 3.8) is 0 Å². The molecule has 1 aliphatic heterocycles. The molecule has 0 saturated carbocycles. The highest BCUT2D eigenvalue weighted by Crippen LogP contribution is 2.36. The van der Waals surface area contributed by atoms with Crippen LogP contribution in [0.2, 0.25) is 0 Å². The lowest BCUT2D eigenvalue weighted by Crippen LogP contribution is -2.06. The summed E-state index contributed by atoms with van der Waals surface area (Å²) in [7, 11) is 3.85. The number of nitrogens with zero attached hydrogens (tertiary/aromatic N) is 2. The molecule has 0 aliphatic carbocycles. The third kappa shape index (κ3) is 2.62. The summed E-state index contributed by atoms with van der Waals surface area (Å²) in [5.41, 5.74) is 9.84. The molecule has 3 nitrogen and oxygen atoms in total. The minimum absolute atomic E-state index is 1.09. The molecule has 1 aromatic heterocycles. The standard InChI is InChI=1S/C24H25N2O/c1-16(24-18(3)25(4)22-12-8-7-11-21(22)24)14-15-19-17(2)26(27-5)23-13-9-6-10-20(19)23/h6-15H,1-5H3/q+1. The first-order chi connectivity index (χ1) is 13.0. The highest BCUT2D eigenvalue weighted by Gasteiger charge is 2.29. The monoisotopic (exact) mass is 357 g/mol. The predicted molar refractivity (Wildman–Crippen MR) is 114 cm³/mol. The summed E-state index contributed by atoms with van der Waals surface area (Å²) in [6.45, 7) is 6.48. The zero-order chi connectivity index (χ0) is 19.1. The third-order valence-electron chi connectivity index (χ3n) is 5.58. The molecular weight excluding hydrogens is 332 g/mol. The van der Waals surface area contributed by atoms with Gasteiger partial charge in [0.2, 0.25) is 5.69 Å². The van der Waals surface area contributed by atoms with Crippen LogP contribution in [0.4, 0.5) is 5.69 Å². The fourth-order valence-corrected chi connectivity index (χ4v) is 4.12. The lowest BCUT2D eigenvalue weighted by atomic mass is 9.97. The molecule has 136 valence electrons. The highest BCUT2D eigenvalue weighted by molar-refractivity contribution is 6.25. The average molecular weight is 357 g/mol. The van der Waals surface area contributed by atoms with Crippen molar-refractivity contribution in [1.82, 2.24) is 4.73 Å². The zero-order valence-electron chi connectivity index (χ0n) is 16.6. The maximum Gasteiger partial charge on any atom is 0.213 e. The smallest absolute Gasteiger partial charge is 0.213 e. The number of aromatic nitrogens is 1. The Bertz CT molecular complexity index is 1140. The fraction of sp³-hybridized carbons (Fsp3) is 0.208. The molecule has 0 atom stereocenters. The van der Waals surface area contributed by atoms with E-state index in [2.05, 4.69) is 87.0 Å². The molecule has 0 unspecified atom stereocenters. The first kappa shape index (κ1) is 17.3. The van der Waals surface area contributed by atoms with Gasteiger partial charge in [0.15, 0.2) is 5.71 Å². The molecule has 1 aliphatic rings. The molecule has 0 bridgehead atoms. The van der Waals surface area contributed by atoms with E-state index in [1.165, 1.54) is 39.1 Å². The Kier molecular flexibility index (Phi) is 4.23.